The molecule has 0 aliphatic rings. The zero-order valence-corrected chi connectivity index (χ0v) is 14.4. The highest BCUT2D eigenvalue weighted by Gasteiger charge is 2.07. The Morgan fingerprint density at radius 3 is 2.38 bits per heavy atom. The molecule has 24 heavy (non-hydrogen) atoms. The maximum absolute atomic E-state index is 6.19. The van der Waals surface area contributed by atoms with E-state index in [2.05, 4.69) is 39.7 Å². The third-order valence-corrected chi connectivity index (χ3v) is 3.97. The second-order valence-electron chi connectivity index (χ2n) is 5.46. The van der Waals surface area contributed by atoms with Crippen LogP contribution in [0, 0.1) is 6.92 Å². The fraction of sp³-hybridized carbons (Fsp3) is 0.158. The van der Waals surface area contributed by atoms with Crippen molar-refractivity contribution in [2.24, 2.45) is 0 Å². The lowest BCUT2D eigenvalue weighted by molar-refractivity contribution is 1.10. The van der Waals surface area contributed by atoms with Gasteiger partial charge in [-0.3, -0.25) is 0 Å². The summed E-state index contributed by atoms with van der Waals surface area (Å²) in [6, 6.07) is 17.7. The Bertz CT molecular complexity index is 848. The van der Waals surface area contributed by atoms with E-state index in [4.69, 9.17) is 11.6 Å². The third kappa shape index (κ3) is 3.84. The maximum atomic E-state index is 6.19. The zero-order valence-electron chi connectivity index (χ0n) is 13.7. The number of aromatic nitrogens is 2. The lowest BCUT2D eigenvalue weighted by Crippen LogP contribution is -2.03. The fourth-order valence-electron chi connectivity index (χ4n) is 2.46. The van der Waals surface area contributed by atoms with Crippen LogP contribution in [0.1, 0.15) is 18.2 Å². The first kappa shape index (κ1) is 16.3. The fourth-order valence-corrected chi connectivity index (χ4v) is 2.64. The van der Waals surface area contributed by atoms with Crippen LogP contribution >= 0.6 is 11.6 Å². The molecular weight excluding hydrogens is 320 g/mol. The van der Waals surface area contributed by atoms with Gasteiger partial charge in [0.15, 0.2) is 0 Å². The molecule has 3 aromatic rings. The molecule has 5 heteroatoms. The SMILES string of the molecule is CCc1ccccc1Nc1cc(C)nc(Nc2ccccc2Cl)n1. The molecule has 2 N–H and O–H groups in total. The number of rotatable bonds is 5. The normalized spacial score (nSPS) is 10.5. The molecule has 0 bridgehead atoms. The summed E-state index contributed by atoms with van der Waals surface area (Å²) < 4.78 is 0. The van der Waals surface area contributed by atoms with Crippen LogP contribution in [0.5, 0.6) is 0 Å². The van der Waals surface area contributed by atoms with Crippen molar-refractivity contribution in [3.63, 3.8) is 0 Å². The van der Waals surface area contributed by atoms with Crippen molar-refractivity contribution in [1.82, 2.24) is 9.97 Å². The number of hydrogen-bond donors (Lipinski definition) is 2. The molecule has 0 amide bonds. The van der Waals surface area contributed by atoms with E-state index in [1.54, 1.807) is 0 Å². The number of nitrogens with zero attached hydrogens (tertiary/aromatic N) is 2. The largest absolute Gasteiger partial charge is 0.340 e. The second-order valence-corrected chi connectivity index (χ2v) is 5.87. The summed E-state index contributed by atoms with van der Waals surface area (Å²) in [5.41, 5.74) is 3.96. The summed E-state index contributed by atoms with van der Waals surface area (Å²) in [5.74, 6) is 1.26. The van der Waals surface area contributed by atoms with Crippen molar-refractivity contribution in [1.29, 1.82) is 0 Å². The molecular formula is C19H19ClN4. The van der Waals surface area contributed by atoms with Crippen molar-refractivity contribution in [3.05, 3.63) is 70.9 Å². The summed E-state index contributed by atoms with van der Waals surface area (Å²) in [6.45, 7) is 4.08. The quantitative estimate of drug-likeness (QED) is 0.646. The minimum Gasteiger partial charge on any atom is -0.340 e. The van der Waals surface area contributed by atoms with Gasteiger partial charge >= 0.3 is 0 Å². The molecule has 0 fully saturated rings. The zero-order chi connectivity index (χ0) is 16.9. The van der Waals surface area contributed by atoms with E-state index in [0.29, 0.717) is 11.0 Å². The van der Waals surface area contributed by atoms with Gasteiger partial charge in [0.05, 0.1) is 10.7 Å². The van der Waals surface area contributed by atoms with Crippen LogP contribution in [0.25, 0.3) is 0 Å². The topological polar surface area (TPSA) is 49.8 Å². The first-order valence-corrected chi connectivity index (χ1v) is 8.25. The molecule has 0 spiro atoms. The Morgan fingerprint density at radius 2 is 1.62 bits per heavy atom. The summed E-state index contributed by atoms with van der Waals surface area (Å²) >= 11 is 6.19. The highest BCUT2D eigenvalue weighted by molar-refractivity contribution is 6.33. The molecule has 0 unspecified atom stereocenters. The molecule has 0 saturated carbocycles. The molecule has 4 nitrogen and oxygen atoms in total. The van der Waals surface area contributed by atoms with Gasteiger partial charge in [-0.15, -0.1) is 0 Å². The van der Waals surface area contributed by atoms with E-state index in [9.17, 15) is 0 Å². The van der Waals surface area contributed by atoms with E-state index in [1.807, 2.05) is 49.4 Å². The predicted molar refractivity (Wildman–Crippen MR) is 101 cm³/mol. The summed E-state index contributed by atoms with van der Waals surface area (Å²) in [6.07, 6.45) is 0.956. The van der Waals surface area contributed by atoms with Crippen LogP contribution in [-0.4, -0.2) is 9.97 Å². The lowest BCUT2D eigenvalue weighted by Gasteiger charge is -2.13. The average molecular weight is 339 g/mol. The monoisotopic (exact) mass is 338 g/mol. The van der Waals surface area contributed by atoms with E-state index < -0.39 is 0 Å². The van der Waals surface area contributed by atoms with Crippen LogP contribution < -0.4 is 10.6 Å². The Kier molecular flexibility index (Phi) is 4.96. The number of anilines is 4. The molecule has 0 aliphatic heterocycles. The minimum absolute atomic E-state index is 0.513. The van der Waals surface area contributed by atoms with Crippen molar-refractivity contribution in [2.45, 2.75) is 20.3 Å². The summed E-state index contributed by atoms with van der Waals surface area (Å²) in [5, 5.41) is 7.19. The molecule has 1 aromatic heterocycles. The molecule has 3 rings (SSSR count). The van der Waals surface area contributed by atoms with Gasteiger partial charge in [-0.2, -0.15) is 4.98 Å². The van der Waals surface area contributed by atoms with Gasteiger partial charge < -0.3 is 10.6 Å². The van der Waals surface area contributed by atoms with Gasteiger partial charge in [0.2, 0.25) is 5.95 Å². The first-order valence-electron chi connectivity index (χ1n) is 7.88. The van der Waals surface area contributed by atoms with E-state index in [-0.39, 0.29) is 0 Å². The van der Waals surface area contributed by atoms with Crippen molar-refractivity contribution >= 4 is 34.7 Å². The van der Waals surface area contributed by atoms with E-state index in [1.165, 1.54) is 5.56 Å². The number of para-hydroxylation sites is 2. The standard InChI is InChI=1S/C19H19ClN4/c1-3-14-8-4-6-10-16(14)22-18-12-13(2)21-19(24-18)23-17-11-7-5-9-15(17)20/h4-12H,3H2,1-2H3,(H2,21,22,23,24). The molecule has 122 valence electrons. The van der Waals surface area contributed by atoms with E-state index >= 15 is 0 Å². The molecule has 0 radical (unpaired) electrons. The molecule has 2 aromatic carbocycles. The van der Waals surface area contributed by atoms with Crippen LogP contribution in [0.3, 0.4) is 0 Å². The van der Waals surface area contributed by atoms with Crippen LogP contribution in [0.2, 0.25) is 5.02 Å². The Balaban J connectivity index is 1.88. The highest BCUT2D eigenvalue weighted by Crippen LogP contribution is 2.25. The smallest absolute Gasteiger partial charge is 0.229 e. The maximum Gasteiger partial charge on any atom is 0.229 e. The molecule has 0 aliphatic carbocycles. The summed E-state index contributed by atoms with van der Waals surface area (Å²) in [7, 11) is 0. The number of halogens is 1. The van der Waals surface area contributed by atoms with Gasteiger partial charge in [0, 0.05) is 17.4 Å². The summed E-state index contributed by atoms with van der Waals surface area (Å²) in [4.78, 5) is 8.98. The average Bonchev–Trinajstić information content (AvgIpc) is 2.57. The minimum atomic E-state index is 0.513. The number of aryl methyl sites for hydroxylation is 2. The molecule has 0 atom stereocenters. The Hall–Kier alpha value is -2.59. The molecule has 0 saturated heterocycles. The van der Waals surface area contributed by atoms with Gasteiger partial charge in [0.1, 0.15) is 5.82 Å². The van der Waals surface area contributed by atoms with Crippen molar-refractivity contribution < 1.29 is 0 Å². The Labute approximate surface area is 146 Å². The van der Waals surface area contributed by atoms with E-state index in [0.717, 1.165) is 29.3 Å². The van der Waals surface area contributed by atoms with Crippen LogP contribution in [0.15, 0.2) is 54.6 Å². The number of nitrogens with one attached hydrogen (secondary N) is 2. The second kappa shape index (κ2) is 7.32. The van der Waals surface area contributed by atoms with Gasteiger partial charge in [-0.25, -0.2) is 4.98 Å². The number of benzene rings is 2. The van der Waals surface area contributed by atoms with Gasteiger partial charge in [0.25, 0.3) is 0 Å². The van der Waals surface area contributed by atoms with Crippen molar-refractivity contribution in [2.75, 3.05) is 10.6 Å². The van der Waals surface area contributed by atoms with Crippen molar-refractivity contribution in [3.8, 4) is 0 Å². The Morgan fingerprint density at radius 1 is 0.917 bits per heavy atom. The highest BCUT2D eigenvalue weighted by atomic mass is 35.5. The molecule has 1 heterocycles. The first-order chi connectivity index (χ1) is 11.7. The van der Waals surface area contributed by atoms with Gasteiger partial charge in [-0.05, 0) is 37.1 Å². The van der Waals surface area contributed by atoms with Crippen LogP contribution in [0.4, 0.5) is 23.1 Å². The van der Waals surface area contributed by atoms with Crippen LogP contribution in [-0.2, 0) is 6.42 Å². The lowest BCUT2D eigenvalue weighted by atomic mass is 10.1. The third-order valence-electron chi connectivity index (χ3n) is 3.64. The predicted octanol–water partition coefficient (Wildman–Crippen LogP) is 5.49. The van der Waals surface area contributed by atoms with Gasteiger partial charge in [-0.1, -0.05) is 48.9 Å². The number of hydrogen-bond acceptors (Lipinski definition) is 4.